The third-order valence-electron chi connectivity index (χ3n) is 2.42. The van der Waals surface area contributed by atoms with Gasteiger partial charge in [0.1, 0.15) is 10.6 Å². The van der Waals surface area contributed by atoms with E-state index in [1.807, 2.05) is 24.3 Å². The highest BCUT2D eigenvalue weighted by Gasteiger charge is 2.10. The molecule has 0 amide bonds. The number of aldehydes is 1. The maximum atomic E-state index is 10.7. The van der Waals surface area contributed by atoms with Crippen LogP contribution in [0, 0.1) is 0 Å². The van der Waals surface area contributed by atoms with Crippen molar-refractivity contribution < 1.29 is 14.3 Å². The number of thiazole rings is 1. The van der Waals surface area contributed by atoms with E-state index in [-0.39, 0.29) is 5.15 Å². The first-order chi connectivity index (χ1) is 9.22. The lowest BCUT2D eigenvalue weighted by atomic mass is 10.1. The largest absolute Gasteiger partial charge is 0.431 e. The van der Waals surface area contributed by atoms with Gasteiger partial charge in [0, 0.05) is 7.11 Å². The molecule has 1 heterocycles. The van der Waals surface area contributed by atoms with Crippen molar-refractivity contribution in [3.05, 3.63) is 39.9 Å². The second kappa shape index (κ2) is 6.65. The SMILES string of the molecule is COCCc1ccc(Oc2nc(Cl)c(C=O)s2)cc1. The van der Waals surface area contributed by atoms with Gasteiger partial charge in [0.15, 0.2) is 11.4 Å². The van der Waals surface area contributed by atoms with Gasteiger partial charge in [0.2, 0.25) is 0 Å². The fraction of sp³-hybridized carbons (Fsp3) is 0.231. The van der Waals surface area contributed by atoms with Gasteiger partial charge in [-0.05, 0) is 24.1 Å². The molecule has 0 bridgehead atoms. The van der Waals surface area contributed by atoms with Crippen LogP contribution < -0.4 is 4.74 Å². The van der Waals surface area contributed by atoms with Crippen molar-refractivity contribution in [2.45, 2.75) is 6.42 Å². The molecule has 4 nitrogen and oxygen atoms in total. The monoisotopic (exact) mass is 297 g/mol. The number of aromatic nitrogens is 1. The number of rotatable bonds is 6. The minimum atomic E-state index is 0.173. The molecule has 0 unspecified atom stereocenters. The summed E-state index contributed by atoms with van der Waals surface area (Å²) < 4.78 is 10.5. The predicted octanol–water partition coefficient (Wildman–Crippen LogP) is 3.59. The number of nitrogens with zero attached hydrogens (tertiary/aromatic N) is 1. The summed E-state index contributed by atoms with van der Waals surface area (Å²) in [5, 5.41) is 0.531. The molecule has 0 atom stereocenters. The topological polar surface area (TPSA) is 48.4 Å². The summed E-state index contributed by atoms with van der Waals surface area (Å²) in [6.45, 7) is 0.686. The Morgan fingerprint density at radius 1 is 1.37 bits per heavy atom. The summed E-state index contributed by atoms with van der Waals surface area (Å²) in [4.78, 5) is 15.0. The van der Waals surface area contributed by atoms with Gasteiger partial charge in [0.25, 0.3) is 5.19 Å². The van der Waals surface area contributed by atoms with Gasteiger partial charge in [-0.3, -0.25) is 4.79 Å². The summed E-state index contributed by atoms with van der Waals surface area (Å²) in [7, 11) is 1.67. The molecule has 1 aromatic carbocycles. The highest BCUT2D eigenvalue weighted by atomic mass is 35.5. The highest BCUT2D eigenvalue weighted by Crippen LogP contribution is 2.30. The Balaban J connectivity index is 2.04. The lowest BCUT2D eigenvalue weighted by Gasteiger charge is -2.03. The number of hydrogen-bond donors (Lipinski definition) is 0. The number of halogens is 1. The van der Waals surface area contributed by atoms with Crippen molar-refractivity contribution in [3.63, 3.8) is 0 Å². The van der Waals surface area contributed by atoms with Crippen LogP contribution in [0.5, 0.6) is 10.9 Å². The molecule has 19 heavy (non-hydrogen) atoms. The summed E-state index contributed by atoms with van der Waals surface area (Å²) in [6, 6.07) is 7.62. The van der Waals surface area contributed by atoms with Gasteiger partial charge < -0.3 is 9.47 Å². The Kier molecular flexibility index (Phi) is 4.90. The Labute approximate surface area is 120 Å². The van der Waals surface area contributed by atoms with Crippen molar-refractivity contribution in [2.24, 2.45) is 0 Å². The van der Waals surface area contributed by atoms with Crippen LogP contribution in [-0.4, -0.2) is 25.0 Å². The van der Waals surface area contributed by atoms with E-state index in [1.54, 1.807) is 7.11 Å². The molecule has 0 aliphatic rings. The lowest BCUT2D eigenvalue weighted by Crippen LogP contribution is -1.94. The average molecular weight is 298 g/mol. The van der Waals surface area contributed by atoms with E-state index in [0.29, 0.717) is 28.7 Å². The van der Waals surface area contributed by atoms with E-state index in [1.165, 1.54) is 5.56 Å². The molecule has 6 heteroatoms. The summed E-state index contributed by atoms with van der Waals surface area (Å²) in [5.41, 5.74) is 1.17. The molecule has 0 spiro atoms. The number of carbonyl (C=O) groups is 1. The fourth-order valence-corrected chi connectivity index (χ4v) is 2.38. The van der Waals surface area contributed by atoms with Gasteiger partial charge in [-0.25, -0.2) is 0 Å². The second-order valence-electron chi connectivity index (χ2n) is 3.74. The molecule has 0 aliphatic heterocycles. The maximum Gasteiger partial charge on any atom is 0.280 e. The van der Waals surface area contributed by atoms with E-state index in [4.69, 9.17) is 21.1 Å². The van der Waals surface area contributed by atoms with Crippen molar-refractivity contribution >= 4 is 29.2 Å². The number of ether oxygens (including phenoxy) is 2. The van der Waals surface area contributed by atoms with E-state index in [2.05, 4.69) is 4.98 Å². The zero-order valence-electron chi connectivity index (χ0n) is 10.3. The highest BCUT2D eigenvalue weighted by molar-refractivity contribution is 7.15. The van der Waals surface area contributed by atoms with Crippen molar-refractivity contribution in [2.75, 3.05) is 13.7 Å². The minimum absolute atomic E-state index is 0.173. The molecule has 2 aromatic rings. The zero-order valence-corrected chi connectivity index (χ0v) is 11.8. The third kappa shape index (κ3) is 3.76. The molecule has 0 fully saturated rings. The smallest absolute Gasteiger partial charge is 0.280 e. The number of carbonyl (C=O) groups excluding carboxylic acids is 1. The number of benzene rings is 1. The van der Waals surface area contributed by atoms with Crippen molar-refractivity contribution in [3.8, 4) is 10.9 Å². The quantitative estimate of drug-likeness (QED) is 0.765. The van der Waals surface area contributed by atoms with Gasteiger partial charge in [-0.2, -0.15) is 4.98 Å². The molecule has 1 aromatic heterocycles. The lowest BCUT2D eigenvalue weighted by molar-refractivity contribution is 0.112. The normalized spacial score (nSPS) is 10.4. The van der Waals surface area contributed by atoms with E-state index in [0.717, 1.165) is 17.8 Å². The average Bonchev–Trinajstić information content (AvgIpc) is 2.78. The molecule has 2 rings (SSSR count). The van der Waals surface area contributed by atoms with Gasteiger partial charge in [0.05, 0.1) is 6.61 Å². The Morgan fingerprint density at radius 2 is 2.11 bits per heavy atom. The van der Waals surface area contributed by atoms with Gasteiger partial charge in [-0.15, -0.1) is 0 Å². The number of methoxy groups -OCH3 is 1. The third-order valence-corrected chi connectivity index (χ3v) is 3.68. The maximum absolute atomic E-state index is 10.7. The Hall–Kier alpha value is -1.43. The van der Waals surface area contributed by atoms with Crippen LogP contribution in [0.4, 0.5) is 0 Å². The van der Waals surface area contributed by atoms with Crippen LogP contribution in [0.25, 0.3) is 0 Å². The predicted molar refractivity (Wildman–Crippen MR) is 74.6 cm³/mol. The van der Waals surface area contributed by atoms with E-state index >= 15 is 0 Å². The van der Waals surface area contributed by atoms with Crippen LogP contribution in [0.2, 0.25) is 5.15 Å². The van der Waals surface area contributed by atoms with Crippen LogP contribution in [-0.2, 0) is 11.2 Å². The molecule has 0 N–H and O–H groups in total. The molecule has 0 aliphatic carbocycles. The molecule has 100 valence electrons. The standard InChI is InChI=1S/C13H12ClNO3S/c1-17-7-6-9-2-4-10(5-3-9)18-13-15-12(14)11(8-16)19-13/h2-5,8H,6-7H2,1H3. The molecular formula is C13H12ClNO3S. The molecule has 0 saturated heterocycles. The van der Waals surface area contributed by atoms with Crippen LogP contribution in [0.15, 0.2) is 24.3 Å². The van der Waals surface area contributed by atoms with E-state index < -0.39 is 0 Å². The first-order valence-corrected chi connectivity index (χ1v) is 6.79. The van der Waals surface area contributed by atoms with Gasteiger partial charge >= 0.3 is 0 Å². The molecule has 0 radical (unpaired) electrons. The first kappa shape index (κ1) is 14.0. The molecular weight excluding hydrogens is 286 g/mol. The van der Waals surface area contributed by atoms with Crippen LogP contribution in [0.3, 0.4) is 0 Å². The number of hydrogen-bond acceptors (Lipinski definition) is 5. The van der Waals surface area contributed by atoms with Gasteiger partial charge in [-0.1, -0.05) is 35.1 Å². The molecule has 0 saturated carbocycles. The summed E-state index contributed by atoms with van der Waals surface area (Å²) in [5.74, 6) is 0.657. The van der Waals surface area contributed by atoms with Crippen LogP contribution in [0.1, 0.15) is 15.2 Å². The second-order valence-corrected chi connectivity index (χ2v) is 5.09. The van der Waals surface area contributed by atoms with E-state index in [9.17, 15) is 4.79 Å². The minimum Gasteiger partial charge on any atom is -0.431 e. The van der Waals surface area contributed by atoms with Crippen molar-refractivity contribution in [1.82, 2.24) is 4.98 Å². The summed E-state index contributed by atoms with van der Waals surface area (Å²) >= 11 is 6.89. The first-order valence-electron chi connectivity index (χ1n) is 5.60. The fourth-order valence-electron chi connectivity index (χ4n) is 1.46. The van der Waals surface area contributed by atoms with Crippen LogP contribution >= 0.6 is 22.9 Å². The summed E-state index contributed by atoms with van der Waals surface area (Å²) in [6.07, 6.45) is 1.52. The Bertz CT molecular complexity index is 554. The Morgan fingerprint density at radius 3 is 2.68 bits per heavy atom. The van der Waals surface area contributed by atoms with Crippen molar-refractivity contribution in [1.29, 1.82) is 0 Å². The zero-order chi connectivity index (χ0) is 13.7.